The quantitative estimate of drug-likeness (QED) is 0.852. The molecule has 2 aromatic carbocycles. The van der Waals surface area contributed by atoms with Crippen LogP contribution >= 0.6 is 0 Å². The second-order valence-corrected chi connectivity index (χ2v) is 5.43. The lowest BCUT2D eigenvalue weighted by atomic mass is 9.89. The molecule has 0 fully saturated rings. The standard InChI is InChI=1S/C18H22N2O/c1-3-7-14-10-12-15(13-11-14)18(2,17(19)21)20-16-8-5-4-6-9-16/h4-6,8-13,20H,3,7H2,1-2H3,(H2,19,21). The molecule has 0 saturated carbocycles. The number of nitrogens with one attached hydrogen (secondary N) is 1. The molecule has 0 aliphatic carbocycles. The second kappa shape index (κ2) is 6.44. The molecule has 0 aliphatic heterocycles. The number of rotatable bonds is 6. The lowest BCUT2D eigenvalue weighted by Gasteiger charge is -2.29. The van der Waals surface area contributed by atoms with E-state index in [0.29, 0.717) is 0 Å². The largest absolute Gasteiger partial charge is 0.368 e. The molecule has 21 heavy (non-hydrogen) atoms. The summed E-state index contributed by atoms with van der Waals surface area (Å²) in [5.41, 5.74) is 7.74. The van der Waals surface area contributed by atoms with Gasteiger partial charge in [0.15, 0.2) is 0 Å². The van der Waals surface area contributed by atoms with Crippen molar-refractivity contribution < 1.29 is 4.79 Å². The number of anilines is 1. The number of primary amides is 1. The van der Waals surface area contributed by atoms with Crippen LogP contribution in [0, 0.1) is 0 Å². The zero-order valence-corrected chi connectivity index (χ0v) is 12.6. The Labute approximate surface area is 126 Å². The van der Waals surface area contributed by atoms with Crippen LogP contribution < -0.4 is 11.1 Å². The summed E-state index contributed by atoms with van der Waals surface area (Å²) in [5, 5.41) is 3.25. The predicted molar refractivity (Wildman–Crippen MR) is 87.0 cm³/mol. The molecule has 0 spiro atoms. The van der Waals surface area contributed by atoms with E-state index in [1.165, 1.54) is 5.56 Å². The van der Waals surface area contributed by atoms with Crippen LogP contribution in [-0.4, -0.2) is 5.91 Å². The van der Waals surface area contributed by atoms with Gasteiger partial charge in [-0.15, -0.1) is 0 Å². The first kappa shape index (κ1) is 15.1. The summed E-state index contributed by atoms with van der Waals surface area (Å²) >= 11 is 0. The van der Waals surface area contributed by atoms with Crippen LogP contribution in [0.4, 0.5) is 5.69 Å². The van der Waals surface area contributed by atoms with Crippen LogP contribution in [0.25, 0.3) is 0 Å². The van der Waals surface area contributed by atoms with Crippen molar-refractivity contribution in [1.82, 2.24) is 0 Å². The molecule has 0 aromatic heterocycles. The number of aryl methyl sites for hydroxylation is 1. The smallest absolute Gasteiger partial charge is 0.247 e. The Hall–Kier alpha value is -2.29. The van der Waals surface area contributed by atoms with Crippen LogP contribution in [0.3, 0.4) is 0 Å². The van der Waals surface area contributed by atoms with Gasteiger partial charge in [0.1, 0.15) is 5.54 Å². The number of carbonyl (C=O) groups excluding carboxylic acids is 1. The van der Waals surface area contributed by atoms with E-state index >= 15 is 0 Å². The van der Waals surface area contributed by atoms with Crippen LogP contribution in [0.2, 0.25) is 0 Å². The highest BCUT2D eigenvalue weighted by Crippen LogP contribution is 2.26. The van der Waals surface area contributed by atoms with Gasteiger partial charge in [0.25, 0.3) is 0 Å². The number of amides is 1. The average molecular weight is 282 g/mol. The highest BCUT2D eigenvalue weighted by molar-refractivity contribution is 5.89. The zero-order chi connectivity index (χ0) is 15.3. The average Bonchev–Trinajstić information content (AvgIpc) is 2.49. The van der Waals surface area contributed by atoms with Crippen molar-refractivity contribution in [2.45, 2.75) is 32.2 Å². The van der Waals surface area contributed by atoms with Crippen molar-refractivity contribution in [2.75, 3.05) is 5.32 Å². The van der Waals surface area contributed by atoms with E-state index < -0.39 is 11.4 Å². The fourth-order valence-corrected chi connectivity index (χ4v) is 2.38. The van der Waals surface area contributed by atoms with Gasteiger partial charge in [-0.1, -0.05) is 55.8 Å². The third kappa shape index (κ3) is 3.43. The molecule has 2 rings (SSSR count). The van der Waals surface area contributed by atoms with Gasteiger partial charge < -0.3 is 11.1 Å². The Bertz CT molecular complexity index is 592. The van der Waals surface area contributed by atoms with E-state index in [2.05, 4.69) is 24.4 Å². The minimum Gasteiger partial charge on any atom is -0.368 e. The Balaban J connectivity index is 2.31. The molecule has 2 aromatic rings. The molecule has 110 valence electrons. The van der Waals surface area contributed by atoms with E-state index in [4.69, 9.17) is 5.73 Å². The number of para-hydroxylation sites is 1. The van der Waals surface area contributed by atoms with E-state index in [1.807, 2.05) is 49.4 Å². The van der Waals surface area contributed by atoms with Gasteiger partial charge >= 0.3 is 0 Å². The third-order valence-electron chi connectivity index (χ3n) is 3.73. The molecule has 0 heterocycles. The number of nitrogens with two attached hydrogens (primary N) is 1. The van der Waals surface area contributed by atoms with Crippen molar-refractivity contribution in [3.8, 4) is 0 Å². The Kier molecular flexibility index (Phi) is 4.63. The number of carbonyl (C=O) groups is 1. The van der Waals surface area contributed by atoms with Gasteiger partial charge in [-0.3, -0.25) is 4.79 Å². The first-order chi connectivity index (χ1) is 10.1. The van der Waals surface area contributed by atoms with Crippen molar-refractivity contribution in [1.29, 1.82) is 0 Å². The number of hydrogen-bond donors (Lipinski definition) is 2. The summed E-state index contributed by atoms with van der Waals surface area (Å²) < 4.78 is 0. The fourth-order valence-electron chi connectivity index (χ4n) is 2.38. The monoisotopic (exact) mass is 282 g/mol. The van der Waals surface area contributed by atoms with Crippen molar-refractivity contribution in [3.63, 3.8) is 0 Å². The van der Waals surface area contributed by atoms with E-state index in [-0.39, 0.29) is 0 Å². The molecule has 3 N–H and O–H groups in total. The molecule has 1 atom stereocenters. The molecule has 0 saturated heterocycles. The maximum absolute atomic E-state index is 12.0. The lowest BCUT2D eigenvalue weighted by Crippen LogP contribution is -2.45. The van der Waals surface area contributed by atoms with Gasteiger partial charge in [-0.05, 0) is 36.6 Å². The summed E-state index contributed by atoms with van der Waals surface area (Å²) in [6, 6.07) is 17.7. The minimum atomic E-state index is -0.925. The Morgan fingerprint density at radius 1 is 1.10 bits per heavy atom. The summed E-state index contributed by atoms with van der Waals surface area (Å²) in [7, 11) is 0. The molecule has 1 amide bonds. The van der Waals surface area contributed by atoms with Crippen LogP contribution in [0.15, 0.2) is 54.6 Å². The van der Waals surface area contributed by atoms with Crippen LogP contribution in [0.5, 0.6) is 0 Å². The number of benzene rings is 2. The maximum atomic E-state index is 12.0. The molecule has 0 bridgehead atoms. The normalized spacial score (nSPS) is 13.4. The van der Waals surface area contributed by atoms with Crippen molar-refractivity contribution in [3.05, 3.63) is 65.7 Å². The first-order valence-electron chi connectivity index (χ1n) is 7.29. The van der Waals surface area contributed by atoms with Gasteiger partial charge in [0.2, 0.25) is 5.91 Å². The summed E-state index contributed by atoms with van der Waals surface area (Å²) in [6.45, 7) is 3.97. The molecular weight excluding hydrogens is 260 g/mol. The maximum Gasteiger partial charge on any atom is 0.247 e. The molecular formula is C18H22N2O. The molecule has 3 nitrogen and oxygen atoms in total. The summed E-state index contributed by atoms with van der Waals surface area (Å²) in [4.78, 5) is 12.0. The highest BCUT2D eigenvalue weighted by atomic mass is 16.1. The first-order valence-corrected chi connectivity index (χ1v) is 7.29. The van der Waals surface area contributed by atoms with E-state index in [9.17, 15) is 4.79 Å². The molecule has 0 aliphatic rings. The summed E-state index contributed by atoms with van der Waals surface area (Å²) in [5.74, 6) is -0.394. The van der Waals surface area contributed by atoms with Crippen molar-refractivity contribution in [2.24, 2.45) is 5.73 Å². The van der Waals surface area contributed by atoms with Crippen LogP contribution in [0.1, 0.15) is 31.4 Å². The Morgan fingerprint density at radius 3 is 2.24 bits per heavy atom. The molecule has 3 heteroatoms. The highest BCUT2D eigenvalue weighted by Gasteiger charge is 2.33. The second-order valence-electron chi connectivity index (χ2n) is 5.43. The topological polar surface area (TPSA) is 55.1 Å². The molecule has 1 unspecified atom stereocenters. The minimum absolute atomic E-state index is 0.394. The van der Waals surface area contributed by atoms with Gasteiger partial charge in [0.05, 0.1) is 0 Å². The predicted octanol–water partition coefficient (Wildman–Crippen LogP) is 3.45. The zero-order valence-electron chi connectivity index (χ0n) is 12.6. The van der Waals surface area contributed by atoms with Gasteiger partial charge in [0, 0.05) is 5.69 Å². The summed E-state index contributed by atoms with van der Waals surface area (Å²) in [6.07, 6.45) is 2.15. The SMILES string of the molecule is CCCc1ccc(C(C)(Nc2ccccc2)C(N)=O)cc1. The van der Waals surface area contributed by atoms with Gasteiger partial charge in [-0.25, -0.2) is 0 Å². The number of hydrogen-bond acceptors (Lipinski definition) is 2. The molecule has 0 radical (unpaired) electrons. The van der Waals surface area contributed by atoms with Gasteiger partial charge in [-0.2, -0.15) is 0 Å². The third-order valence-corrected chi connectivity index (χ3v) is 3.73. The van der Waals surface area contributed by atoms with Crippen molar-refractivity contribution >= 4 is 11.6 Å². The van der Waals surface area contributed by atoms with E-state index in [1.54, 1.807) is 0 Å². The Morgan fingerprint density at radius 2 is 1.71 bits per heavy atom. The van der Waals surface area contributed by atoms with Crippen LogP contribution in [-0.2, 0) is 16.8 Å². The van der Waals surface area contributed by atoms with E-state index in [0.717, 1.165) is 24.1 Å². The fraction of sp³-hybridized carbons (Fsp3) is 0.278. The lowest BCUT2D eigenvalue weighted by molar-refractivity contribution is -0.122.